The Balaban J connectivity index is 2.77. The number of hydrogen-bond acceptors (Lipinski definition) is 5. The van der Waals surface area contributed by atoms with Gasteiger partial charge in [-0.1, -0.05) is 0 Å². The minimum absolute atomic E-state index is 0.368. The van der Waals surface area contributed by atoms with Gasteiger partial charge in [0.25, 0.3) is 0 Å². The molecular formula is C15H25NO4. The maximum absolute atomic E-state index is 5.40. The molecule has 1 N–H and O–H groups in total. The molecule has 114 valence electrons. The van der Waals surface area contributed by atoms with Crippen molar-refractivity contribution in [3.8, 4) is 17.2 Å². The van der Waals surface area contributed by atoms with E-state index in [1.807, 2.05) is 12.1 Å². The molecule has 0 aliphatic heterocycles. The molecule has 0 fully saturated rings. The third-order valence-electron chi connectivity index (χ3n) is 3.18. The van der Waals surface area contributed by atoms with E-state index >= 15 is 0 Å². The first-order valence-corrected chi connectivity index (χ1v) is 6.67. The van der Waals surface area contributed by atoms with Crippen LogP contribution in [0.4, 0.5) is 0 Å². The van der Waals surface area contributed by atoms with Gasteiger partial charge < -0.3 is 24.3 Å². The lowest BCUT2D eigenvalue weighted by atomic mass is 10.1. The summed E-state index contributed by atoms with van der Waals surface area (Å²) in [6.45, 7) is 3.58. The van der Waals surface area contributed by atoms with Gasteiger partial charge in [-0.15, -0.1) is 0 Å². The van der Waals surface area contributed by atoms with Crippen LogP contribution in [0.5, 0.6) is 17.2 Å². The van der Waals surface area contributed by atoms with Crippen molar-refractivity contribution in [3.05, 3.63) is 17.7 Å². The highest BCUT2D eigenvalue weighted by atomic mass is 16.5. The Kier molecular flexibility index (Phi) is 7.18. The summed E-state index contributed by atoms with van der Waals surface area (Å²) in [6, 6.07) is 4.15. The minimum Gasteiger partial charge on any atom is -0.496 e. The van der Waals surface area contributed by atoms with Gasteiger partial charge in [-0.3, -0.25) is 0 Å². The zero-order valence-corrected chi connectivity index (χ0v) is 13.0. The van der Waals surface area contributed by atoms with Crippen molar-refractivity contribution in [2.45, 2.75) is 25.9 Å². The Hall–Kier alpha value is -1.46. The Bertz CT molecular complexity index is 409. The van der Waals surface area contributed by atoms with Gasteiger partial charge in [0.1, 0.15) is 5.75 Å². The third kappa shape index (κ3) is 4.58. The topological polar surface area (TPSA) is 49.0 Å². The predicted octanol–water partition coefficient (Wildman–Crippen LogP) is 2.23. The highest BCUT2D eigenvalue weighted by Crippen LogP contribution is 2.34. The highest BCUT2D eigenvalue weighted by molar-refractivity contribution is 5.50. The first-order valence-electron chi connectivity index (χ1n) is 6.67. The maximum Gasteiger partial charge on any atom is 0.164 e. The van der Waals surface area contributed by atoms with Crippen LogP contribution >= 0.6 is 0 Å². The second kappa shape index (κ2) is 8.66. The van der Waals surface area contributed by atoms with E-state index in [4.69, 9.17) is 18.9 Å². The molecule has 0 aromatic heterocycles. The monoisotopic (exact) mass is 283 g/mol. The summed E-state index contributed by atoms with van der Waals surface area (Å²) < 4.78 is 21.1. The molecule has 0 bridgehead atoms. The fourth-order valence-electron chi connectivity index (χ4n) is 1.91. The standard InChI is InChI=1S/C15H25NO4/c1-11(6-7-17-2)16-10-12-8-14(19-4)15(20-5)9-13(12)18-3/h8-9,11,16H,6-7,10H2,1-5H3. The van der Waals surface area contributed by atoms with E-state index in [-0.39, 0.29) is 0 Å². The lowest BCUT2D eigenvalue weighted by molar-refractivity contribution is 0.184. The van der Waals surface area contributed by atoms with Gasteiger partial charge in [0.15, 0.2) is 11.5 Å². The lowest BCUT2D eigenvalue weighted by Gasteiger charge is -2.17. The van der Waals surface area contributed by atoms with Gasteiger partial charge in [-0.05, 0) is 19.4 Å². The normalized spacial score (nSPS) is 12.1. The van der Waals surface area contributed by atoms with Gasteiger partial charge in [0.2, 0.25) is 0 Å². The molecule has 0 aliphatic rings. The van der Waals surface area contributed by atoms with Crippen LogP contribution in [0, 0.1) is 0 Å². The van der Waals surface area contributed by atoms with Gasteiger partial charge in [0.05, 0.1) is 21.3 Å². The quantitative estimate of drug-likeness (QED) is 0.753. The molecule has 0 heterocycles. The summed E-state index contributed by atoms with van der Waals surface area (Å²) in [5.41, 5.74) is 1.04. The van der Waals surface area contributed by atoms with E-state index in [9.17, 15) is 0 Å². The number of ether oxygens (including phenoxy) is 4. The molecular weight excluding hydrogens is 258 g/mol. The number of hydrogen-bond donors (Lipinski definition) is 1. The van der Waals surface area contributed by atoms with Crippen LogP contribution in [-0.4, -0.2) is 41.1 Å². The zero-order chi connectivity index (χ0) is 15.0. The van der Waals surface area contributed by atoms with E-state index < -0.39 is 0 Å². The first-order chi connectivity index (χ1) is 9.65. The molecule has 0 spiro atoms. The Labute approximate surface area is 121 Å². The number of nitrogens with one attached hydrogen (secondary N) is 1. The molecule has 0 saturated carbocycles. The molecule has 5 nitrogen and oxygen atoms in total. The second-order valence-corrected chi connectivity index (χ2v) is 4.58. The van der Waals surface area contributed by atoms with E-state index in [0.29, 0.717) is 24.1 Å². The summed E-state index contributed by atoms with van der Waals surface area (Å²) >= 11 is 0. The summed E-state index contributed by atoms with van der Waals surface area (Å²) in [4.78, 5) is 0. The number of rotatable bonds is 9. The first kappa shape index (κ1) is 16.6. The molecule has 0 aliphatic carbocycles. The van der Waals surface area contributed by atoms with Crippen molar-refractivity contribution in [1.29, 1.82) is 0 Å². The van der Waals surface area contributed by atoms with Gasteiger partial charge in [-0.25, -0.2) is 0 Å². The van der Waals surface area contributed by atoms with Crippen molar-refractivity contribution in [3.63, 3.8) is 0 Å². The molecule has 0 amide bonds. The number of methoxy groups -OCH3 is 4. The van der Waals surface area contributed by atoms with Crippen LogP contribution in [0.3, 0.4) is 0 Å². The Morgan fingerprint density at radius 1 is 0.950 bits per heavy atom. The largest absolute Gasteiger partial charge is 0.496 e. The summed E-state index contributed by atoms with van der Waals surface area (Å²) in [5.74, 6) is 2.16. The third-order valence-corrected chi connectivity index (χ3v) is 3.18. The van der Waals surface area contributed by atoms with Crippen LogP contribution in [0.25, 0.3) is 0 Å². The van der Waals surface area contributed by atoms with Crippen molar-refractivity contribution in [1.82, 2.24) is 5.32 Å². The fraction of sp³-hybridized carbons (Fsp3) is 0.600. The van der Waals surface area contributed by atoms with Crippen molar-refractivity contribution >= 4 is 0 Å². The smallest absolute Gasteiger partial charge is 0.164 e. The predicted molar refractivity (Wildman–Crippen MR) is 78.9 cm³/mol. The lowest BCUT2D eigenvalue weighted by Crippen LogP contribution is -2.26. The van der Waals surface area contributed by atoms with Crippen molar-refractivity contribution in [2.75, 3.05) is 35.0 Å². The van der Waals surface area contributed by atoms with Crippen molar-refractivity contribution in [2.24, 2.45) is 0 Å². The van der Waals surface area contributed by atoms with Crippen LogP contribution in [0.1, 0.15) is 18.9 Å². The highest BCUT2D eigenvalue weighted by Gasteiger charge is 2.12. The fourth-order valence-corrected chi connectivity index (χ4v) is 1.91. The summed E-state index contributed by atoms with van der Waals surface area (Å²) in [7, 11) is 6.61. The Morgan fingerprint density at radius 3 is 2.10 bits per heavy atom. The van der Waals surface area contributed by atoms with E-state index in [2.05, 4.69) is 12.2 Å². The van der Waals surface area contributed by atoms with Gasteiger partial charge >= 0.3 is 0 Å². The van der Waals surface area contributed by atoms with Crippen LogP contribution in [-0.2, 0) is 11.3 Å². The van der Waals surface area contributed by atoms with Crippen molar-refractivity contribution < 1.29 is 18.9 Å². The number of benzene rings is 1. The molecule has 1 atom stereocenters. The van der Waals surface area contributed by atoms with Gasteiger partial charge in [0, 0.05) is 37.9 Å². The molecule has 20 heavy (non-hydrogen) atoms. The molecule has 0 saturated heterocycles. The summed E-state index contributed by atoms with van der Waals surface area (Å²) in [6.07, 6.45) is 0.964. The van der Waals surface area contributed by atoms with Gasteiger partial charge in [-0.2, -0.15) is 0 Å². The summed E-state index contributed by atoms with van der Waals surface area (Å²) in [5, 5.41) is 3.44. The van der Waals surface area contributed by atoms with Crippen LogP contribution < -0.4 is 19.5 Å². The van der Waals surface area contributed by atoms with E-state index in [0.717, 1.165) is 24.3 Å². The Morgan fingerprint density at radius 2 is 1.55 bits per heavy atom. The maximum atomic E-state index is 5.40. The van der Waals surface area contributed by atoms with E-state index in [1.165, 1.54) is 0 Å². The molecule has 1 aromatic carbocycles. The average Bonchev–Trinajstić information content (AvgIpc) is 2.49. The zero-order valence-electron chi connectivity index (χ0n) is 13.0. The SMILES string of the molecule is COCCC(C)NCc1cc(OC)c(OC)cc1OC. The van der Waals surface area contributed by atoms with Crippen LogP contribution in [0.2, 0.25) is 0 Å². The molecule has 1 unspecified atom stereocenters. The van der Waals surface area contributed by atoms with Crippen LogP contribution in [0.15, 0.2) is 12.1 Å². The van der Waals surface area contributed by atoms with E-state index in [1.54, 1.807) is 28.4 Å². The molecule has 0 radical (unpaired) electrons. The average molecular weight is 283 g/mol. The molecule has 1 rings (SSSR count). The second-order valence-electron chi connectivity index (χ2n) is 4.58. The minimum atomic E-state index is 0.368. The molecule has 5 heteroatoms. The molecule has 1 aromatic rings.